The Morgan fingerprint density at radius 1 is 1.19 bits per heavy atom. The Morgan fingerprint density at radius 3 is 2.72 bits per heavy atom. The van der Waals surface area contributed by atoms with Crippen molar-refractivity contribution >= 4 is 45.0 Å². The van der Waals surface area contributed by atoms with Gasteiger partial charge in [-0.3, -0.25) is 9.78 Å². The highest BCUT2D eigenvalue weighted by Gasteiger charge is 2.35. The Labute approximate surface area is 250 Å². The van der Waals surface area contributed by atoms with Crippen molar-refractivity contribution in [3.8, 4) is 17.3 Å². The van der Waals surface area contributed by atoms with Gasteiger partial charge in [0.15, 0.2) is 11.6 Å². The minimum atomic E-state index is -1.10. The van der Waals surface area contributed by atoms with Crippen molar-refractivity contribution in [1.82, 2.24) is 19.9 Å². The maximum atomic E-state index is 16.5. The molecule has 1 saturated carbocycles. The molecule has 1 amide bonds. The molecule has 2 aromatic heterocycles. The molecule has 1 saturated heterocycles. The van der Waals surface area contributed by atoms with Crippen LogP contribution < -0.4 is 9.64 Å². The molecule has 12 heteroatoms. The molecule has 3 heterocycles. The molecule has 8 nitrogen and oxygen atoms in total. The topological polar surface area (TPSA) is 75.8 Å². The van der Waals surface area contributed by atoms with Crippen LogP contribution in [-0.2, 0) is 4.79 Å². The smallest absolute Gasteiger partial charge is 0.319 e. The molecule has 0 bridgehead atoms. The molecule has 1 atom stereocenters. The number of rotatable bonds is 7. The molecule has 43 heavy (non-hydrogen) atoms. The summed E-state index contributed by atoms with van der Waals surface area (Å²) in [6.07, 6.45) is 4.60. The number of benzene rings is 2. The number of aromatic nitrogens is 3. The number of hydrogen-bond acceptors (Lipinski definition) is 6. The van der Waals surface area contributed by atoms with Crippen LogP contribution in [0.25, 0.3) is 37.8 Å². The van der Waals surface area contributed by atoms with E-state index in [0.717, 1.165) is 19.3 Å². The van der Waals surface area contributed by atoms with E-state index in [1.165, 1.54) is 17.2 Å². The average molecular weight is 607 g/mol. The van der Waals surface area contributed by atoms with Gasteiger partial charge in [-0.2, -0.15) is 9.97 Å². The van der Waals surface area contributed by atoms with E-state index in [9.17, 15) is 13.6 Å². The number of nitrogens with zero attached hydrogens (tertiary/aromatic N) is 6. The van der Waals surface area contributed by atoms with Crippen molar-refractivity contribution in [2.75, 3.05) is 37.7 Å². The predicted molar refractivity (Wildman–Crippen MR) is 157 cm³/mol. The van der Waals surface area contributed by atoms with Gasteiger partial charge >= 0.3 is 6.01 Å². The lowest BCUT2D eigenvalue weighted by molar-refractivity contribution is -0.131. The number of pyridine rings is 1. The van der Waals surface area contributed by atoms with E-state index in [1.54, 1.807) is 29.2 Å². The van der Waals surface area contributed by atoms with Gasteiger partial charge in [-0.1, -0.05) is 48.9 Å². The zero-order valence-electron chi connectivity index (χ0n) is 23.0. The van der Waals surface area contributed by atoms with Crippen molar-refractivity contribution in [3.63, 3.8) is 0 Å². The molecule has 0 radical (unpaired) electrons. The molecule has 2 aromatic carbocycles. The van der Waals surface area contributed by atoms with Gasteiger partial charge in [0.05, 0.1) is 17.0 Å². The highest BCUT2D eigenvalue weighted by molar-refractivity contribution is 6.36. The third-order valence-corrected chi connectivity index (χ3v) is 8.45. The number of hydrogen-bond donors (Lipinski definition) is 0. The number of carbonyl (C=O) groups is 1. The summed E-state index contributed by atoms with van der Waals surface area (Å²) in [6, 6.07) is 7.21. The van der Waals surface area contributed by atoms with E-state index in [1.807, 2.05) is 0 Å². The predicted octanol–water partition coefficient (Wildman–Crippen LogP) is 6.38. The summed E-state index contributed by atoms with van der Waals surface area (Å²) in [5.74, 6) is -2.69. The Kier molecular flexibility index (Phi) is 7.79. The fraction of sp³-hybridized carbons (Fsp3) is 0.323. The van der Waals surface area contributed by atoms with Gasteiger partial charge in [0.25, 0.3) is 5.91 Å². The number of amides is 1. The van der Waals surface area contributed by atoms with Gasteiger partial charge in [-0.05, 0) is 30.2 Å². The molecular formula is C31H26ClF3N6O2. The summed E-state index contributed by atoms with van der Waals surface area (Å²) in [5, 5.41) is 1.08. The van der Waals surface area contributed by atoms with E-state index in [0.29, 0.717) is 34.7 Å². The molecule has 0 unspecified atom stereocenters. The van der Waals surface area contributed by atoms with Gasteiger partial charge in [-0.25, -0.2) is 19.7 Å². The monoisotopic (exact) mass is 606 g/mol. The summed E-state index contributed by atoms with van der Waals surface area (Å²) in [6.45, 7) is 11.2. The maximum absolute atomic E-state index is 16.5. The Bertz CT molecular complexity index is 1810. The van der Waals surface area contributed by atoms with E-state index in [4.69, 9.17) is 22.9 Å². The van der Waals surface area contributed by atoms with Crippen molar-refractivity contribution in [1.29, 1.82) is 0 Å². The van der Waals surface area contributed by atoms with E-state index in [-0.39, 0.29) is 53.8 Å². The first-order chi connectivity index (χ1) is 20.8. The molecule has 4 aromatic rings. The first-order valence-corrected chi connectivity index (χ1v) is 14.2. The number of ether oxygens (including phenoxy) is 1. The van der Waals surface area contributed by atoms with Gasteiger partial charge in [-0.15, -0.1) is 0 Å². The van der Waals surface area contributed by atoms with Gasteiger partial charge in [0.2, 0.25) is 6.54 Å². The second-order valence-corrected chi connectivity index (χ2v) is 11.1. The van der Waals surface area contributed by atoms with Crippen LogP contribution in [0.1, 0.15) is 19.3 Å². The van der Waals surface area contributed by atoms with Crippen LogP contribution >= 0.6 is 11.6 Å². The number of piperazine rings is 1. The number of fused-ring (bicyclic) bond motifs is 2. The first-order valence-electron chi connectivity index (χ1n) is 13.9. The maximum Gasteiger partial charge on any atom is 0.319 e. The molecule has 6 rings (SSSR count). The zero-order valence-corrected chi connectivity index (χ0v) is 23.8. The van der Waals surface area contributed by atoms with E-state index >= 15 is 4.39 Å². The molecule has 1 aliphatic carbocycles. The Hall–Kier alpha value is -4.43. The van der Waals surface area contributed by atoms with Gasteiger partial charge in [0, 0.05) is 36.8 Å². The fourth-order valence-corrected chi connectivity index (χ4v) is 5.88. The van der Waals surface area contributed by atoms with Crippen LogP contribution in [0.5, 0.6) is 6.01 Å². The summed E-state index contributed by atoms with van der Waals surface area (Å²) in [5.41, 5.74) is 0.178. The summed E-state index contributed by atoms with van der Waals surface area (Å²) in [4.78, 5) is 32.4. The molecule has 1 aliphatic heterocycles. The lowest BCUT2D eigenvalue weighted by Gasteiger charge is -2.39. The van der Waals surface area contributed by atoms with Crippen LogP contribution in [-0.4, -0.2) is 64.6 Å². The normalized spacial score (nSPS) is 17.1. The van der Waals surface area contributed by atoms with Crippen molar-refractivity contribution in [2.24, 2.45) is 5.92 Å². The van der Waals surface area contributed by atoms with Crippen LogP contribution in [0.15, 0.2) is 48.9 Å². The molecule has 220 valence electrons. The molecular weight excluding hydrogens is 581 g/mol. The lowest BCUT2D eigenvalue weighted by atomic mass is 9.86. The number of anilines is 1. The second-order valence-electron chi connectivity index (χ2n) is 10.7. The van der Waals surface area contributed by atoms with Crippen molar-refractivity contribution < 1.29 is 22.7 Å². The average Bonchev–Trinajstić information content (AvgIpc) is 2.98. The summed E-state index contributed by atoms with van der Waals surface area (Å²) in [7, 11) is 0. The minimum Gasteiger partial charge on any atom is -0.463 e. The molecule has 0 N–H and O–H groups in total. The molecule has 2 aliphatic rings. The SMILES string of the molecule is [C-]#[N+]C[C@H]1CN(c2nc(OCC3CCC3)nc3c(F)c(-c4cccc5ccc(F)c(Cl)c45)ncc23)CCN1C(=O)C(=C)F. The lowest BCUT2D eigenvalue weighted by Crippen LogP contribution is -2.56. The summed E-state index contributed by atoms with van der Waals surface area (Å²) < 4.78 is 50.6. The third kappa shape index (κ3) is 5.31. The Balaban J connectivity index is 1.46. The second kappa shape index (κ2) is 11.7. The highest BCUT2D eigenvalue weighted by Crippen LogP contribution is 2.38. The van der Waals surface area contributed by atoms with Crippen LogP contribution in [0.3, 0.4) is 0 Å². The standard InChI is InChI=1S/C31H26ClF3N6O2/c1-17(33)30(42)41-12-11-40(15-20(41)13-36-2)29-22-14-37-27(21-8-4-7-19-9-10-23(34)25(32)24(19)21)26(35)28(22)38-31(39-29)43-16-18-5-3-6-18/h4,7-10,14,18,20H,1,3,5-6,11-13,15-16H2/t20-/m0/s1. The van der Waals surface area contributed by atoms with Crippen LogP contribution in [0, 0.1) is 24.1 Å². The van der Waals surface area contributed by atoms with Gasteiger partial charge < -0.3 is 19.4 Å². The highest BCUT2D eigenvalue weighted by atomic mass is 35.5. The van der Waals surface area contributed by atoms with Crippen molar-refractivity contribution in [3.05, 3.63) is 77.0 Å². The van der Waals surface area contributed by atoms with Crippen molar-refractivity contribution in [2.45, 2.75) is 25.3 Å². The minimum absolute atomic E-state index is 0.0233. The van der Waals surface area contributed by atoms with Gasteiger partial charge in [0.1, 0.15) is 28.9 Å². The quantitative estimate of drug-likeness (QED) is 0.180. The van der Waals surface area contributed by atoms with Crippen LogP contribution in [0.2, 0.25) is 5.02 Å². The zero-order chi connectivity index (χ0) is 30.2. The largest absolute Gasteiger partial charge is 0.463 e. The third-order valence-electron chi connectivity index (χ3n) is 8.08. The van der Waals surface area contributed by atoms with E-state index in [2.05, 4.69) is 26.4 Å². The summed E-state index contributed by atoms with van der Waals surface area (Å²) >= 11 is 6.33. The number of halogens is 4. The number of carbonyl (C=O) groups excluding carboxylic acids is 1. The first kappa shape index (κ1) is 28.7. The Morgan fingerprint density at radius 2 is 2.00 bits per heavy atom. The van der Waals surface area contributed by atoms with Crippen LogP contribution in [0.4, 0.5) is 19.0 Å². The molecule has 2 fully saturated rings. The molecule has 0 spiro atoms. The fourth-order valence-electron chi connectivity index (χ4n) is 5.61. The van der Waals surface area contributed by atoms with E-state index < -0.39 is 29.4 Å².